The van der Waals surface area contributed by atoms with Crippen molar-refractivity contribution in [1.29, 1.82) is 0 Å². The van der Waals surface area contributed by atoms with E-state index in [0.29, 0.717) is 11.3 Å². The molecule has 4 nitrogen and oxygen atoms in total. The van der Waals surface area contributed by atoms with E-state index in [2.05, 4.69) is 10.4 Å². The predicted octanol–water partition coefficient (Wildman–Crippen LogP) is 3.89. The largest absolute Gasteiger partial charge is 0.416 e. The molecule has 0 aliphatic rings. The second kappa shape index (κ2) is 6.23. The highest BCUT2D eigenvalue weighted by molar-refractivity contribution is 6.33. The maximum atomic E-state index is 12.5. The quantitative estimate of drug-likeness (QED) is 0.917. The van der Waals surface area contributed by atoms with Gasteiger partial charge in [-0.25, -0.2) is 0 Å². The fraction of sp³-hybridized carbons (Fsp3) is 0.333. The number of nitrogens with one attached hydrogen (secondary N) is 1. The van der Waals surface area contributed by atoms with Crippen LogP contribution in [0.1, 0.15) is 40.1 Å². The molecule has 1 heterocycles. The SMILES string of the molecule is Cc1nn(C)c(Cl)c1C(=O)N[C@@H](C)c1ccc(C(F)(F)F)cc1. The second-order valence-corrected chi connectivity index (χ2v) is 5.55. The van der Waals surface area contributed by atoms with Crippen molar-refractivity contribution >= 4 is 17.5 Å². The van der Waals surface area contributed by atoms with Gasteiger partial charge in [-0.2, -0.15) is 18.3 Å². The van der Waals surface area contributed by atoms with Crippen molar-refractivity contribution in [2.24, 2.45) is 7.05 Å². The van der Waals surface area contributed by atoms with E-state index in [1.807, 2.05) is 0 Å². The summed E-state index contributed by atoms with van der Waals surface area (Å²) in [5.74, 6) is -0.423. The summed E-state index contributed by atoms with van der Waals surface area (Å²) >= 11 is 6.02. The van der Waals surface area contributed by atoms with Crippen molar-refractivity contribution in [2.75, 3.05) is 0 Å². The highest BCUT2D eigenvalue weighted by atomic mass is 35.5. The van der Waals surface area contributed by atoms with Crippen LogP contribution in [0.4, 0.5) is 13.2 Å². The van der Waals surface area contributed by atoms with Crippen LogP contribution in [-0.4, -0.2) is 15.7 Å². The van der Waals surface area contributed by atoms with Crippen molar-refractivity contribution in [2.45, 2.75) is 26.1 Å². The molecule has 0 unspecified atom stereocenters. The summed E-state index contributed by atoms with van der Waals surface area (Å²) in [5.41, 5.74) is 0.567. The third-order valence-electron chi connectivity index (χ3n) is 3.46. The number of nitrogens with zero attached hydrogens (tertiary/aromatic N) is 2. The van der Waals surface area contributed by atoms with Gasteiger partial charge in [0.25, 0.3) is 5.91 Å². The Morgan fingerprint density at radius 3 is 2.30 bits per heavy atom. The van der Waals surface area contributed by atoms with E-state index in [4.69, 9.17) is 11.6 Å². The molecule has 1 N–H and O–H groups in total. The fourth-order valence-corrected chi connectivity index (χ4v) is 2.46. The van der Waals surface area contributed by atoms with Gasteiger partial charge >= 0.3 is 6.18 Å². The van der Waals surface area contributed by atoms with Gasteiger partial charge in [-0.1, -0.05) is 23.7 Å². The average molecular weight is 346 g/mol. The van der Waals surface area contributed by atoms with Gasteiger partial charge < -0.3 is 5.32 Å². The molecule has 1 amide bonds. The van der Waals surface area contributed by atoms with Crippen LogP contribution in [0.15, 0.2) is 24.3 Å². The van der Waals surface area contributed by atoms with Crippen LogP contribution < -0.4 is 5.32 Å². The van der Waals surface area contributed by atoms with Crippen molar-refractivity contribution in [3.8, 4) is 0 Å². The van der Waals surface area contributed by atoms with Crippen LogP contribution in [-0.2, 0) is 13.2 Å². The molecule has 0 saturated carbocycles. The Labute approximate surface area is 136 Å². The number of amides is 1. The molecule has 2 aromatic rings. The first-order valence-electron chi connectivity index (χ1n) is 6.78. The molecule has 0 aliphatic carbocycles. The highest BCUT2D eigenvalue weighted by Crippen LogP contribution is 2.30. The summed E-state index contributed by atoms with van der Waals surface area (Å²) in [5, 5.41) is 6.96. The molecule has 124 valence electrons. The van der Waals surface area contributed by atoms with Crippen LogP contribution in [0, 0.1) is 6.92 Å². The van der Waals surface area contributed by atoms with E-state index in [9.17, 15) is 18.0 Å². The predicted molar refractivity (Wildman–Crippen MR) is 80.3 cm³/mol. The first-order chi connectivity index (χ1) is 10.6. The van der Waals surface area contributed by atoms with E-state index in [1.54, 1.807) is 20.9 Å². The lowest BCUT2D eigenvalue weighted by molar-refractivity contribution is -0.137. The average Bonchev–Trinajstić information content (AvgIpc) is 2.71. The van der Waals surface area contributed by atoms with Gasteiger partial charge in [-0.05, 0) is 31.5 Å². The van der Waals surface area contributed by atoms with E-state index in [1.165, 1.54) is 16.8 Å². The molecule has 1 aromatic carbocycles. The number of halogens is 4. The molecule has 0 saturated heterocycles. The summed E-state index contributed by atoms with van der Waals surface area (Å²) in [4.78, 5) is 12.3. The van der Waals surface area contributed by atoms with Crippen molar-refractivity contribution in [3.05, 3.63) is 51.8 Å². The second-order valence-electron chi connectivity index (χ2n) is 5.19. The van der Waals surface area contributed by atoms with Gasteiger partial charge in [0.2, 0.25) is 0 Å². The molecule has 0 aliphatic heterocycles. The van der Waals surface area contributed by atoms with Gasteiger partial charge in [-0.3, -0.25) is 9.48 Å². The fourth-order valence-electron chi connectivity index (χ4n) is 2.20. The minimum absolute atomic E-state index is 0.208. The Morgan fingerprint density at radius 1 is 1.30 bits per heavy atom. The Kier molecular flexibility index (Phi) is 4.70. The molecule has 1 aromatic heterocycles. The topological polar surface area (TPSA) is 46.9 Å². The Balaban J connectivity index is 2.15. The number of alkyl halides is 3. The molecule has 0 bridgehead atoms. The molecular formula is C15H15ClF3N3O. The zero-order valence-corrected chi connectivity index (χ0v) is 13.5. The lowest BCUT2D eigenvalue weighted by atomic mass is 10.1. The minimum Gasteiger partial charge on any atom is -0.345 e. The lowest BCUT2D eigenvalue weighted by Gasteiger charge is -2.15. The number of benzene rings is 1. The monoisotopic (exact) mass is 345 g/mol. The first kappa shape index (κ1) is 17.3. The number of carbonyl (C=O) groups is 1. The van der Waals surface area contributed by atoms with Crippen LogP contribution in [0.5, 0.6) is 0 Å². The van der Waals surface area contributed by atoms with Gasteiger partial charge in [-0.15, -0.1) is 0 Å². The van der Waals surface area contributed by atoms with Gasteiger partial charge in [0.1, 0.15) is 5.15 Å². The van der Waals surface area contributed by atoms with Crippen molar-refractivity contribution in [3.63, 3.8) is 0 Å². The van der Waals surface area contributed by atoms with Crippen LogP contribution in [0.2, 0.25) is 5.15 Å². The van der Waals surface area contributed by atoms with Crippen LogP contribution in [0.3, 0.4) is 0 Å². The third-order valence-corrected chi connectivity index (χ3v) is 3.90. The summed E-state index contributed by atoms with van der Waals surface area (Å²) in [6.45, 7) is 3.34. The molecule has 8 heteroatoms. The van der Waals surface area contributed by atoms with Crippen molar-refractivity contribution < 1.29 is 18.0 Å². The highest BCUT2D eigenvalue weighted by Gasteiger charge is 2.30. The summed E-state index contributed by atoms with van der Waals surface area (Å²) < 4.78 is 39.0. The summed E-state index contributed by atoms with van der Waals surface area (Å²) in [7, 11) is 1.62. The molecule has 23 heavy (non-hydrogen) atoms. The van der Waals surface area contributed by atoms with E-state index in [0.717, 1.165) is 12.1 Å². The molecule has 0 fully saturated rings. The van der Waals surface area contributed by atoms with E-state index in [-0.39, 0.29) is 10.7 Å². The Morgan fingerprint density at radius 2 is 1.87 bits per heavy atom. The normalized spacial score (nSPS) is 13.0. The number of hydrogen-bond acceptors (Lipinski definition) is 2. The molecule has 0 radical (unpaired) electrons. The smallest absolute Gasteiger partial charge is 0.345 e. The molecular weight excluding hydrogens is 331 g/mol. The number of aryl methyl sites for hydroxylation is 2. The third kappa shape index (κ3) is 3.67. The van der Waals surface area contributed by atoms with E-state index >= 15 is 0 Å². The zero-order chi connectivity index (χ0) is 17.4. The molecule has 1 atom stereocenters. The maximum absolute atomic E-state index is 12.5. The van der Waals surface area contributed by atoms with Gasteiger partial charge in [0.05, 0.1) is 22.9 Å². The molecule has 0 spiro atoms. The van der Waals surface area contributed by atoms with Crippen molar-refractivity contribution in [1.82, 2.24) is 15.1 Å². The number of rotatable bonds is 3. The summed E-state index contributed by atoms with van der Waals surface area (Å²) in [6.07, 6.45) is -4.38. The first-order valence-corrected chi connectivity index (χ1v) is 7.16. The van der Waals surface area contributed by atoms with E-state index < -0.39 is 23.7 Å². The number of aromatic nitrogens is 2. The maximum Gasteiger partial charge on any atom is 0.416 e. The van der Waals surface area contributed by atoms with Gasteiger partial charge in [0, 0.05) is 7.05 Å². The van der Waals surface area contributed by atoms with Gasteiger partial charge in [0.15, 0.2) is 0 Å². The Bertz CT molecular complexity index is 723. The zero-order valence-electron chi connectivity index (χ0n) is 12.7. The Hall–Kier alpha value is -2.02. The van der Waals surface area contributed by atoms with Crippen LogP contribution in [0.25, 0.3) is 0 Å². The lowest BCUT2D eigenvalue weighted by Crippen LogP contribution is -2.27. The summed E-state index contributed by atoms with van der Waals surface area (Å²) in [6, 6.07) is 4.18. The standard InChI is InChI=1S/C15H15ClF3N3O/c1-8(10-4-6-11(7-5-10)15(17,18)19)20-14(23)12-9(2)21-22(3)13(12)16/h4-8H,1-3H3,(H,20,23)/t8-/m0/s1. The molecule has 2 rings (SSSR count). The number of carbonyl (C=O) groups excluding carboxylic acids is 1. The minimum atomic E-state index is -4.38. The number of hydrogen-bond donors (Lipinski definition) is 1. The van der Waals surface area contributed by atoms with Crippen LogP contribution >= 0.6 is 11.6 Å².